The van der Waals surface area contributed by atoms with Gasteiger partial charge in [-0.3, -0.25) is 14.0 Å². The zero-order valence-corrected chi connectivity index (χ0v) is 20.4. The monoisotopic (exact) mass is 475 g/mol. The Morgan fingerprint density at radius 1 is 1.09 bits per heavy atom. The molecule has 0 aliphatic heterocycles. The summed E-state index contributed by atoms with van der Waals surface area (Å²) in [5.74, 6) is 1.29. The van der Waals surface area contributed by atoms with Crippen molar-refractivity contribution in [3.63, 3.8) is 0 Å². The van der Waals surface area contributed by atoms with E-state index < -0.39 is 0 Å². The van der Waals surface area contributed by atoms with Gasteiger partial charge in [-0.05, 0) is 61.9 Å². The molecule has 34 heavy (non-hydrogen) atoms. The highest BCUT2D eigenvalue weighted by Gasteiger charge is 2.20. The SMILES string of the molecule is Cc1ccc(C)c(-n2c(=O)c3ccccc3n3c(SCC(=O)NCC4CCCCC4)nnc23)c1. The van der Waals surface area contributed by atoms with Crippen LogP contribution in [0.25, 0.3) is 22.4 Å². The molecule has 7 nitrogen and oxygen atoms in total. The molecule has 1 aliphatic rings. The molecule has 2 aromatic carbocycles. The summed E-state index contributed by atoms with van der Waals surface area (Å²) < 4.78 is 3.52. The van der Waals surface area contributed by atoms with Crippen LogP contribution in [0.15, 0.2) is 52.4 Å². The highest BCUT2D eigenvalue weighted by Crippen LogP contribution is 2.25. The van der Waals surface area contributed by atoms with Crippen LogP contribution in [0, 0.1) is 19.8 Å². The maximum Gasteiger partial charge on any atom is 0.267 e. The second-order valence-electron chi connectivity index (χ2n) is 9.16. The normalized spacial score (nSPS) is 14.6. The molecule has 1 fully saturated rings. The lowest BCUT2D eigenvalue weighted by molar-refractivity contribution is -0.118. The van der Waals surface area contributed by atoms with E-state index in [-0.39, 0.29) is 17.2 Å². The van der Waals surface area contributed by atoms with Crippen molar-refractivity contribution in [1.29, 1.82) is 0 Å². The summed E-state index contributed by atoms with van der Waals surface area (Å²) in [4.78, 5) is 26.1. The van der Waals surface area contributed by atoms with Crippen molar-refractivity contribution in [2.24, 2.45) is 5.92 Å². The van der Waals surface area contributed by atoms with Crippen LogP contribution in [0.3, 0.4) is 0 Å². The number of rotatable bonds is 6. The first-order valence-corrected chi connectivity index (χ1v) is 12.9. The minimum atomic E-state index is -0.133. The molecule has 0 atom stereocenters. The largest absolute Gasteiger partial charge is 0.355 e. The standard InChI is InChI=1S/C26H29N5O2S/c1-17-12-13-18(2)22(14-17)30-24(33)20-10-6-7-11-21(20)31-25(30)28-29-26(31)34-16-23(32)27-15-19-8-4-3-5-9-19/h6-7,10-14,19H,3-5,8-9,15-16H2,1-2H3,(H,27,32). The van der Waals surface area contributed by atoms with Gasteiger partial charge in [0.2, 0.25) is 11.7 Å². The van der Waals surface area contributed by atoms with Crippen molar-refractivity contribution >= 4 is 34.3 Å². The Bertz CT molecular complexity index is 1420. The predicted molar refractivity (Wildman–Crippen MR) is 136 cm³/mol. The molecule has 1 saturated carbocycles. The third-order valence-electron chi connectivity index (χ3n) is 6.65. The number of aromatic nitrogens is 4. The Kier molecular flexibility index (Phi) is 6.41. The number of nitrogens with zero attached hydrogens (tertiary/aromatic N) is 4. The number of thioether (sulfide) groups is 1. The van der Waals surface area contributed by atoms with Gasteiger partial charge in [-0.2, -0.15) is 0 Å². The number of aryl methyl sites for hydroxylation is 2. The molecule has 2 heterocycles. The average Bonchev–Trinajstić information content (AvgIpc) is 3.28. The van der Waals surface area contributed by atoms with Crippen LogP contribution in [0.1, 0.15) is 43.2 Å². The molecule has 1 N–H and O–H groups in total. The summed E-state index contributed by atoms with van der Waals surface area (Å²) in [5, 5.41) is 13.0. The summed E-state index contributed by atoms with van der Waals surface area (Å²) in [6, 6.07) is 13.5. The van der Waals surface area contributed by atoms with E-state index >= 15 is 0 Å². The van der Waals surface area contributed by atoms with Crippen LogP contribution in [0.4, 0.5) is 0 Å². The highest BCUT2D eigenvalue weighted by molar-refractivity contribution is 7.99. The van der Waals surface area contributed by atoms with E-state index in [1.165, 1.54) is 43.9 Å². The molecule has 0 unspecified atom stereocenters. The summed E-state index contributed by atoms with van der Waals surface area (Å²) in [6.45, 7) is 4.73. The van der Waals surface area contributed by atoms with Crippen LogP contribution in [-0.4, -0.2) is 37.4 Å². The third-order valence-corrected chi connectivity index (χ3v) is 7.57. The fourth-order valence-corrected chi connectivity index (χ4v) is 5.55. The van der Waals surface area contributed by atoms with Gasteiger partial charge in [0.25, 0.3) is 5.56 Å². The van der Waals surface area contributed by atoms with Crippen LogP contribution in [0.5, 0.6) is 0 Å². The topological polar surface area (TPSA) is 81.3 Å². The van der Waals surface area contributed by atoms with Crippen LogP contribution >= 0.6 is 11.8 Å². The third kappa shape index (κ3) is 4.34. The fourth-order valence-electron chi connectivity index (χ4n) is 4.78. The molecule has 8 heteroatoms. The van der Waals surface area contributed by atoms with E-state index in [1.807, 2.05) is 60.7 Å². The minimum Gasteiger partial charge on any atom is -0.355 e. The van der Waals surface area contributed by atoms with E-state index in [9.17, 15) is 9.59 Å². The summed E-state index contributed by atoms with van der Waals surface area (Å²) >= 11 is 1.35. The number of amides is 1. The Morgan fingerprint density at radius 2 is 1.88 bits per heavy atom. The maximum atomic E-state index is 13.5. The number of hydrogen-bond donors (Lipinski definition) is 1. The zero-order chi connectivity index (χ0) is 23.7. The molecule has 0 radical (unpaired) electrons. The summed E-state index contributed by atoms with van der Waals surface area (Å²) in [5.41, 5.74) is 3.42. The van der Waals surface area contributed by atoms with Gasteiger partial charge in [-0.15, -0.1) is 10.2 Å². The minimum absolute atomic E-state index is 0.000482. The maximum absolute atomic E-state index is 13.5. The second-order valence-corrected chi connectivity index (χ2v) is 10.1. The van der Waals surface area contributed by atoms with Crippen LogP contribution in [-0.2, 0) is 4.79 Å². The molecule has 2 aromatic heterocycles. The molecular weight excluding hydrogens is 446 g/mol. The Hall–Kier alpha value is -3.13. The van der Waals surface area contributed by atoms with Gasteiger partial charge in [-0.1, -0.05) is 55.3 Å². The molecule has 0 bridgehead atoms. The van der Waals surface area contributed by atoms with E-state index in [2.05, 4.69) is 15.5 Å². The van der Waals surface area contributed by atoms with Crippen molar-refractivity contribution in [1.82, 2.24) is 24.5 Å². The average molecular weight is 476 g/mol. The van der Waals surface area contributed by atoms with Crippen molar-refractivity contribution in [2.75, 3.05) is 12.3 Å². The van der Waals surface area contributed by atoms with E-state index in [0.717, 1.165) is 28.9 Å². The van der Waals surface area contributed by atoms with Crippen LogP contribution in [0.2, 0.25) is 0 Å². The lowest BCUT2D eigenvalue weighted by Gasteiger charge is -2.21. The van der Waals surface area contributed by atoms with Gasteiger partial charge in [-0.25, -0.2) is 4.57 Å². The predicted octanol–water partition coefficient (Wildman–Crippen LogP) is 4.44. The Labute approximate surface area is 202 Å². The first kappa shape index (κ1) is 22.7. The number of benzene rings is 2. The smallest absolute Gasteiger partial charge is 0.267 e. The zero-order valence-electron chi connectivity index (χ0n) is 19.6. The first-order valence-electron chi connectivity index (χ1n) is 11.9. The number of carbonyl (C=O) groups excluding carboxylic acids is 1. The first-order chi connectivity index (χ1) is 16.5. The molecule has 1 amide bonds. The van der Waals surface area contributed by atoms with E-state index in [1.54, 1.807) is 4.57 Å². The van der Waals surface area contributed by atoms with Gasteiger partial charge < -0.3 is 5.32 Å². The number of carbonyl (C=O) groups is 1. The molecule has 176 valence electrons. The lowest BCUT2D eigenvalue weighted by Crippen LogP contribution is -2.31. The number of hydrogen-bond acceptors (Lipinski definition) is 5. The van der Waals surface area contributed by atoms with Gasteiger partial charge in [0.05, 0.1) is 22.3 Å². The van der Waals surface area contributed by atoms with Gasteiger partial charge in [0, 0.05) is 6.54 Å². The Balaban J connectivity index is 1.49. The summed E-state index contributed by atoms with van der Waals surface area (Å²) in [6.07, 6.45) is 6.22. The second kappa shape index (κ2) is 9.62. The molecule has 4 aromatic rings. The van der Waals surface area contributed by atoms with Gasteiger partial charge >= 0.3 is 0 Å². The fraction of sp³-hybridized carbons (Fsp3) is 0.385. The molecular formula is C26H29N5O2S. The Morgan fingerprint density at radius 3 is 2.71 bits per heavy atom. The molecule has 1 aliphatic carbocycles. The molecule has 0 saturated heterocycles. The van der Waals surface area contributed by atoms with E-state index in [0.29, 0.717) is 22.2 Å². The van der Waals surface area contributed by atoms with Gasteiger partial charge in [0.1, 0.15) is 0 Å². The number of nitrogens with one attached hydrogen (secondary N) is 1. The van der Waals surface area contributed by atoms with Crippen molar-refractivity contribution < 1.29 is 4.79 Å². The summed E-state index contributed by atoms with van der Waals surface area (Å²) in [7, 11) is 0. The van der Waals surface area contributed by atoms with Gasteiger partial charge in [0.15, 0.2) is 5.16 Å². The van der Waals surface area contributed by atoms with Crippen molar-refractivity contribution in [3.05, 3.63) is 63.9 Å². The van der Waals surface area contributed by atoms with Crippen molar-refractivity contribution in [3.8, 4) is 5.69 Å². The quantitative estimate of drug-likeness (QED) is 0.417. The number of para-hydroxylation sites is 1. The lowest BCUT2D eigenvalue weighted by atomic mass is 9.89. The molecule has 0 spiro atoms. The van der Waals surface area contributed by atoms with Crippen LogP contribution < -0.4 is 10.9 Å². The van der Waals surface area contributed by atoms with Crippen molar-refractivity contribution in [2.45, 2.75) is 51.1 Å². The van der Waals surface area contributed by atoms with E-state index in [4.69, 9.17) is 0 Å². The highest BCUT2D eigenvalue weighted by atomic mass is 32.2. The molecule has 5 rings (SSSR count). The number of fused-ring (bicyclic) bond motifs is 3.